The molecule has 0 saturated carbocycles. The Balaban J connectivity index is 1.31. The largest absolute Gasteiger partial charge is 0.338 e. The molecule has 3 aromatic rings. The van der Waals surface area contributed by atoms with Gasteiger partial charge >= 0.3 is 0 Å². The van der Waals surface area contributed by atoms with E-state index in [0.717, 1.165) is 44.0 Å². The summed E-state index contributed by atoms with van der Waals surface area (Å²) in [7, 11) is 0. The lowest BCUT2D eigenvalue weighted by molar-refractivity contribution is 0.111. The first-order valence-corrected chi connectivity index (χ1v) is 9.42. The molecule has 3 heterocycles. The zero-order valence-electron chi connectivity index (χ0n) is 14.3. The monoisotopic (exact) mass is 355 g/mol. The van der Waals surface area contributed by atoms with Crippen molar-refractivity contribution in [1.29, 1.82) is 0 Å². The molecular weight excluding hydrogens is 334 g/mol. The van der Waals surface area contributed by atoms with E-state index >= 15 is 0 Å². The lowest BCUT2D eigenvalue weighted by Gasteiger charge is -2.33. The second-order valence-corrected chi connectivity index (χ2v) is 7.13. The number of hydrogen-bond acceptors (Lipinski definition) is 7. The Morgan fingerprint density at radius 1 is 1.04 bits per heavy atom. The van der Waals surface area contributed by atoms with Gasteiger partial charge in [-0.05, 0) is 6.92 Å². The average Bonchev–Trinajstić information content (AvgIpc) is 3.29. The summed E-state index contributed by atoms with van der Waals surface area (Å²) in [6.07, 6.45) is 0. The van der Waals surface area contributed by atoms with E-state index in [0.29, 0.717) is 18.3 Å². The van der Waals surface area contributed by atoms with Crippen LogP contribution in [0.15, 0.2) is 39.7 Å². The van der Waals surface area contributed by atoms with Crippen molar-refractivity contribution in [1.82, 2.24) is 24.9 Å². The summed E-state index contributed by atoms with van der Waals surface area (Å²) >= 11 is 1.66. The lowest BCUT2D eigenvalue weighted by Crippen LogP contribution is -2.45. The summed E-state index contributed by atoms with van der Waals surface area (Å²) in [5.74, 6) is 1.35. The highest BCUT2D eigenvalue weighted by atomic mass is 32.1. The van der Waals surface area contributed by atoms with Crippen molar-refractivity contribution >= 4 is 11.3 Å². The standard InChI is InChI=1S/C18H21N5OS/c1-14-2-4-15(5-3-14)18-20-17(24-21-18)11-23-8-6-22(7-9-23)10-16-12-25-13-19-16/h2-5,12-13H,6-11H2,1H3. The number of aryl methyl sites for hydroxylation is 1. The van der Waals surface area contributed by atoms with E-state index in [1.165, 1.54) is 5.56 Å². The molecule has 1 aromatic carbocycles. The molecular formula is C18H21N5OS. The molecule has 1 saturated heterocycles. The molecule has 0 radical (unpaired) electrons. The van der Waals surface area contributed by atoms with Gasteiger partial charge in [0.25, 0.3) is 0 Å². The van der Waals surface area contributed by atoms with Crippen LogP contribution in [0.4, 0.5) is 0 Å². The summed E-state index contributed by atoms with van der Waals surface area (Å²) in [6.45, 7) is 7.81. The quantitative estimate of drug-likeness (QED) is 0.701. The van der Waals surface area contributed by atoms with Gasteiger partial charge < -0.3 is 4.52 Å². The molecule has 4 rings (SSSR count). The van der Waals surface area contributed by atoms with Gasteiger partial charge in [0.2, 0.25) is 11.7 Å². The SMILES string of the molecule is Cc1ccc(-c2noc(CN3CCN(Cc4cscn4)CC3)n2)cc1. The highest BCUT2D eigenvalue weighted by Crippen LogP contribution is 2.17. The van der Waals surface area contributed by atoms with E-state index in [2.05, 4.69) is 49.4 Å². The van der Waals surface area contributed by atoms with Crippen LogP contribution in [-0.4, -0.2) is 51.1 Å². The van der Waals surface area contributed by atoms with Crippen molar-refractivity contribution in [2.45, 2.75) is 20.0 Å². The maximum absolute atomic E-state index is 5.44. The first kappa shape index (κ1) is 16.4. The Morgan fingerprint density at radius 3 is 2.44 bits per heavy atom. The molecule has 2 aromatic heterocycles. The zero-order valence-corrected chi connectivity index (χ0v) is 15.1. The number of nitrogens with zero attached hydrogens (tertiary/aromatic N) is 5. The van der Waals surface area contributed by atoms with Crippen LogP contribution < -0.4 is 0 Å². The van der Waals surface area contributed by atoms with E-state index in [1.807, 2.05) is 17.6 Å². The highest BCUT2D eigenvalue weighted by Gasteiger charge is 2.20. The minimum atomic E-state index is 0.664. The molecule has 0 spiro atoms. The van der Waals surface area contributed by atoms with Crippen molar-refractivity contribution in [3.8, 4) is 11.4 Å². The molecule has 1 aliphatic rings. The fraction of sp³-hybridized carbons (Fsp3) is 0.389. The number of rotatable bonds is 5. The van der Waals surface area contributed by atoms with Crippen molar-refractivity contribution in [2.24, 2.45) is 0 Å². The second-order valence-electron chi connectivity index (χ2n) is 6.41. The molecule has 7 heteroatoms. The number of thiazole rings is 1. The van der Waals surface area contributed by atoms with E-state index in [9.17, 15) is 0 Å². The van der Waals surface area contributed by atoms with E-state index in [1.54, 1.807) is 11.3 Å². The van der Waals surface area contributed by atoms with Crippen molar-refractivity contribution in [3.63, 3.8) is 0 Å². The van der Waals surface area contributed by atoms with Gasteiger partial charge in [0.15, 0.2) is 0 Å². The second kappa shape index (κ2) is 7.43. The fourth-order valence-corrected chi connectivity index (χ4v) is 3.53. The Morgan fingerprint density at radius 2 is 1.76 bits per heavy atom. The van der Waals surface area contributed by atoms with Crippen LogP contribution in [0.1, 0.15) is 17.1 Å². The Hall–Kier alpha value is -2.09. The van der Waals surface area contributed by atoms with E-state index < -0.39 is 0 Å². The Kier molecular flexibility index (Phi) is 4.87. The summed E-state index contributed by atoms with van der Waals surface area (Å²) in [5.41, 5.74) is 5.28. The molecule has 130 valence electrons. The van der Waals surface area contributed by atoms with Gasteiger partial charge in [0.05, 0.1) is 17.7 Å². The van der Waals surface area contributed by atoms with Crippen molar-refractivity contribution in [2.75, 3.05) is 26.2 Å². The van der Waals surface area contributed by atoms with Gasteiger partial charge in [-0.15, -0.1) is 11.3 Å². The van der Waals surface area contributed by atoms with Gasteiger partial charge in [-0.3, -0.25) is 9.80 Å². The van der Waals surface area contributed by atoms with Crippen LogP contribution in [-0.2, 0) is 13.1 Å². The first-order valence-electron chi connectivity index (χ1n) is 8.48. The summed E-state index contributed by atoms with van der Waals surface area (Å²) in [4.78, 5) is 13.7. The lowest BCUT2D eigenvalue weighted by atomic mass is 10.1. The molecule has 0 atom stereocenters. The zero-order chi connectivity index (χ0) is 17.1. The average molecular weight is 355 g/mol. The van der Waals surface area contributed by atoms with Crippen LogP contribution in [0.25, 0.3) is 11.4 Å². The maximum atomic E-state index is 5.44. The molecule has 0 N–H and O–H groups in total. The van der Waals surface area contributed by atoms with Gasteiger partial charge in [-0.1, -0.05) is 35.0 Å². The Bertz CT molecular complexity index is 791. The van der Waals surface area contributed by atoms with E-state index in [4.69, 9.17) is 4.52 Å². The predicted octanol–water partition coefficient (Wildman–Crippen LogP) is 2.82. The third-order valence-electron chi connectivity index (χ3n) is 4.47. The van der Waals surface area contributed by atoms with Gasteiger partial charge in [0, 0.05) is 43.7 Å². The molecule has 1 aliphatic heterocycles. The highest BCUT2D eigenvalue weighted by molar-refractivity contribution is 7.07. The third-order valence-corrected chi connectivity index (χ3v) is 5.11. The van der Waals surface area contributed by atoms with Crippen molar-refractivity contribution < 1.29 is 4.52 Å². The Labute approximate surface area is 151 Å². The molecule has 0 unspecified atom stereocenters. The van der Waals surface area contributed by atoms with Gasteiger partial charge in [-0.25, -0.2) is 4.98 Å². The molecule has 0 amide bonds. The molecule has 0 bridgehead atoms. The van der Waals surface area contributed by atoms with Gasteiger partial charge in [0.1, 0.15) is 0 Å². The molecule has 6 nitrogen and oxygen atoms in total. The van der Waals surface area contributed by atoms with Crippen LogP contribution in [0.5, 0.6) is 0 Å². The number of benzene rings is 1. The molecule has 25 heavy (non-hydrogen) atoms. The van der Waals surface area contributed by atoms with Gasteiger partial charge in [-0.2, -0.15) is 4.98 Å². The number of hydrogen-bond donors (Lipinski definition) is 0. The number of aromatic nitrogens is 3. The molecule has 0 aliphatic carbocycles. The minimum Gasteiger partial charge on any atom is -0.338 e. The fourth-order valence-electron chi connectivity index (χ4n) is 2.98. The van der Waals surface area contributed by atoms with Crippen LogP contribution in [0, 0.1) is 6.92 Å². The molecule has 1 fully saturated rings. The topological polar surface area (TPSA) is 58.3 Å². The van der Waals surface area contributed by atoms with E-state index in [-0.39, 0.29) is 0 Å². The first-order chi connectivity index (χ1) is 12.3. The van der Waals surface area contributed by atoms with Crippen molar-refractivity contribution in [3.05, 3.63) is 52.3 Å². The smallest absolute Gasteiger partial charge is 0.241 e. The minimum absolute atomic E-state index is 0.664. The predicted molar refractivity (Wildman–Crippen MR) is 97.1 cm³/mol. The summed E-state index contributed by atoms with van der Waals surface area (Å²) in [6, 6.07) is 8.18. The maximum Gasteiger partial charge on any atom is 0.241 e. The summed E-state index contributed by atoms with van der Waals surface area (Å²) < 4.78 is 5.44. The number of piperazine rings is 1. The third kappa shape index (κ3) is 4.12. The van der Waals surface area contributed by atoms with Crippen LogP contribution >= 0.6 is 11.3 Å². The normalized spacial score (nSPS) is 16.4. The summed E-state index contributed by atoms with van der Waals surface area (Å²) in [5, 5.41) is 6.24. The van der Waals surface area contributed by atoms with Crippen LogP contribution in [0.2, 0.25) is 0 Å². The van der Waals surface area contributed by atoms with Crippen LogP contribution in [0.3, 0.4) is 0 Å².